The number of hydrogen-bond acceptors (Lipinski definition) is 3. The van der Waals surface area contributed by atoms with Crippen molar-refractivity contribution in [3.8, 4) is 11.1 Å². The SMILES string of the molecule is COC(=O)c1c[nH]cc1-c1ccsc1. The molecular formula is C10H9NO2S. The molecule has 0 aromatic carbocycles. The summed E-state index contributed by atoms with van der Waals surface area (Å²) >= 11 is 1.60. The van der Waals surface area contributed by atoms with E-state index in [1.54, 1.807) is 23.7 Å². The van der Waals surface area contributed by atoms with Crippen molar-refractivity contribution in [2.45, 2.75) is 0 Å². The quantitative estimate of drug-likeness (QED) is 0.769. The van der Waals surface area contributed by atoms with E-state index in [-0.39, 0.29) is 5.97 Å². The zero-order valence-electron chi connectivity index (χ0n) is 7.61. The van der Waals surface area contributed by atoms with Crippen LogP contribution in [-0.2, 0) is 4.74 Å². The third kappa shape index (κ3) is 1.44. The molecule has 0 spiro atoms. The van der Waals surface area contributed by atoms with Crippen molar-refractivity contribution in [3.05, 3.63) is 34.8 Å². The minimum absolute atomic E-state index is 0.313. The van der Waals surface area contributed by atoms with Crippen LogP contribution in [0.3, 0.4) is 0 Å². The Hall–Kier alpha value is -1.55. The van der Waals surface area contributed by atoms with Gasteiger partial charge in [0.05, 0.1) is 12.7 Å². The highest BCUT2D eigenvalue weighted by atomic mass is 32.1. The van der Waals surface area contributed by atoms with E-state index >= 15 is 0 Å². The molecule has 0 unspecified atom stereocenters. The minimum Gasteiger partial charge on any atom is -0.465 e. The van der Waals surface area contributed by atoms with Gasteiger partial charge in [-0.1, -0.05) is 0 Å². The lowest BCUT2D eigenvalue weighted by Gasteiger charge is -1.98. The van der Waals surface area contributed by atoms with Crippen LogP contribution in [0.4, 0.5) is 0 Å². The number of carbonyl (C=O) groups excluding carboxylic acids is 1. The molecule has 3 nitrogen and oxygen atoms in total. The van der Waals surface area contributed by atoms with E-state index in [2.05, 4.69) is 9.72 Å². The summed E-state index contributed by atoms with van der Waals surface area (Å²) < 4.78 is 4.68. The fraction of sp³-hybridized carbons (Fsp3) is 0.100. The number of aromatic nitrogens is 1. The summed E-state index contributed by atoms with van der Waals surface area (Å²) in [5, 5.41) is 3.97. The molecule has 0 aliphatic carbocycles. The zero-order chi connectivity index (χ0) is 9.97. The molecule has 4 heteroatoms. The highest BCUT2D eigenvalue weighted by Crippen LogP contribution is 2.25. The molecule has 0 bridgehead atoms. The maximum absolute atomic E-state index is 11.4. The standard InChI is InChI=1S/C10H9NO2S/c1-13-10(12)9-5-11-4-8(9)7-2-3-14-6-7/h2-6,11H,1H3. The van der Waals surface area contributed by atoms with Crippen molar-refractivity contribution in [1.82, 2.24) is 4.98 Å². The Labute approximate surface area is 85.3 Å². The number of ether oxygens (including phenoxy) is 1. The molecular weight excluding hydrogens is 198 g/mol. The Kier molecular flexibility index (Phi) is 2.37. The van der Waals surface area contributed by atoms with Crippen molar-refractivity contribution in [1.29, 1.82) is 0 Å². The molecule has 2 rings (SSSR count). The summed E-state index contributed by atoms with van der Waals surface area (Å²) in [5.41, 5.74) is 2.50. The summed E-state index contributed by atoms with van der Waals surface area (Å²) in [4.78, 5) is 14.3. The molecule has 0 aliphatic rings. The van der Waals surface area contributed by atoms with E-state index in [0.717, 1.165) is 11.1 Å². The molecule has 2 heterocycles. The second kappa shape index (κ2) is 3.67. The van der Waals surface area contributed by atoms with E-state index in [4.69, 9.17) is 0 Å². The zero-order valence-corrected chi connectivity index (χ0v) is 8.43. The van der Waals surface area contributed by atoms with E-state index in [9.17, 15) is 4.79 Å². The molecule has 1 N–H and O–H groups in total. The van der Waals surface area contributed by atoms with E-state index < -0.39 is 0 Å². The first-order valence-corrected chi connectivity index (χ1v) is 5.05. The van der Waals surface area contributed by atoms with Crippen LogP contribution in [0.5, 0.6) is 0 Å². The average Bonchev–Trinajstić information content (AvgIpc) is 2.85. The Morgan fingerprint density at radius 1 is 1.50 bits per heavy atom. The van der Waals surface area contributed by atoms with Gasteiger partial charge in [-0.3, -0.25) is 0 Å². The smallest absolute Gasteiger partial charge is 0.340 e. The Balaban J connectivity index is 2.45. The van der Waals surface area contributed by atoms with Crippen LogP contribution in [0.2, 0.25) is 0 Å². The topological polar surface area (TPSA) is 42.1 Å². The Bertz CT molecular complexity index is 431. The molecule has 0 atom stereocenters. The Morgan fingerprint density at radius 2 is 2.36 bits per heavy atom. The fourth-order valence-corrected chi connectivity index (χ4v) is 1.96. The maximum Gasteiger partial charge on any atom is 0.340 e. The van der Waals surface area contributed by atoms with Gasteiger partial charge in [-0.2, -0.15) is 11.3 Å². The van der Waals surface area contributed by atoms with Crippen molar-refractivity contribution in [2.24, 2.45) is 0 Å². The first-order valence-electron chi connectivity index (χ1n) is 4.10. The highest BCUT2D eigenvalue weighted by molar-refractivity contribution is 7.08. The van der Waals surface area contributed by atoms with Gasteiger partial charge in [-0.15, -0.1) is 0 Å². The number of esters is 1. The number of hydrogen-bond donors (Lipinski definition) is 1. The molecule has 0 radical (unpaired) electrons. The molecule has 14 heavy (non-hydrogen) atoms. The van der Waals surface area contributed by atoms with Gasteiger partial charge < -0.3 is 9.72 Å². The highest BCUT2D eigenvalue weighted by Gasteiger charge is 2.13. The number of H-pyrrole nitrogens is 1. The molecule has 72 valence electrons. The molecule has 0 aliphatic heterocycles. The van der Waals surface area contributed by atoms with Crippen molar-refractivity contribution >= 4 is 17.3 Å². The van der Waals surface area contributed by atoms with Crippen LogP contribution in [-0.4, -0.2) is 18.1 Å². The normalized spacial score (nSPS) is 10.1. The van der Waals surface area contributed by atoms with Crippen molar-refractivity contribution in [2.75, 3.05) is 7.11 Å². The number of rotatable bonds is 2. The number of thiophene rings is 1. The third-order valence-electron chi connectivity index (χ3n) is 1.98. The van der Waals surface area contributed by atoms with Crippen LogP contribution in [0.15, 0.2) is 29.2 Å². The Morgan fingerprint density at radius 3 is 3.00 bits per heavy atom. The van der Waals surface area contributed by atoms with Crippen molar-refractivity contribution in [3.63, 3.8) is 0 Å². The predicted molar refractivity (Wildman–Crippen MR) is 55.4 cm³/mol. The number of carbonyl (C=O) groups is 1. The average molecular weight is 207 g/mol. The van der Waals surface area contributed by atoms with Gasteiger partial charge in [0.1, 0.15) is 0 Å². The van der Waals surface area contributed by atoms with Gasteiger partial charge >= 0.3 is 5.97 Å². The summed E-state index contributed by atoms with van der Waals surface area (Å²) in [5.74, 6) is -0.313. The molecule has 0 saturated heterocycles. The summed E-state index contributed by atoms with van der Waals surface area (Å²) in [6, 6.07) is 1.97. The van der Waals surface area contributed by atoms with Crippen LogP contribution >= 0.6 is 11.3 Å². The van der Waals surface area contributed by atoms with Crippen LogP contribution < -0.4 is 0 Å². The molecule has 0 saturated carbocycles. The maximum atomic E-state index is 11.4. The van der Waals surface area contributed by atoms with Crippen LogP contribution in [0, 0.1) is 0 Å². The first kappa shape index (κ1) is 9.02. The summed E-state index contributed by atoms with van der Waals surface area (Å²) in [6.45, 7) is 0. The molecule has 0 fully saturated rings. The van der Waals surface area contributed by atoms with Crippen molar-refractivity contribution < 1.29 is 9.53 Å². The van der Waals surface area contributed by atoms with Gasteiger partial charge in [0, 0.05) is 18.0 Å². The first-order chi connectivity index (χ1) is 6.83. The van der Waals surface area contributed by atoms with Crippen LogP contribution in [0.25, 0.3) is 11.1 Å². The molecule has 2 aromatic rings. The summed E-state index contributed by atoms with van der Waals surface area (Å²) in [6.07, 6.45) is 3.45. The lowest BCUT2D eigenvalue weighted by Crippen LogP contribution is -2.00. The fourth-order valence-electron chi connectivity index (χ4n) is 1.30. The van der Waals surface area contributed by atoms with Gasteiger partial charge in [0.25, 0.3) is 0 Å². The minimum atomic E-state index is -0.313. The van der Waals surface area contributed by atoms with Gasteiger partial charge in [-0.25, -0.2) is 4.79 Å². The van der Waals surface area contributed by atoms with Gasteiger partial charge in [0.15, 0.2) is 0 Å². The second-order valence-electron chi connectivity index (χ2n) is 2.79. The van der Waals surface area contributed by atoms with Crippen LogP contribution in [0.1, 0.15) is 10.4 Å². The van der Waals surface area contributed by atoms with E-state index in [0.29, 0.717) is 5.56 Å². The number of methoxy groups -OCH3 is 1. The molecule has 0 amide bonds. The third-order valence-corrected chi connectivity index (χ3v) is 2.67. The summed E-state index contributed by atoms with van der Waals surface area (Å²) in [7, 11) is 1.38. The van der Waals surface area contributed by atoms with Gasteiger partial charge in [-0.05, 0) is 22.4 Å². The number of nitrogens with one attached hydrogen (secondary N) is 1. The number of aromatic amines is 1. The van der Waals surface area contributed by atoms with Gasteiger partial charge in [0.2, 0.25) is 0 Å². The largest absolute Gasteiger partial charge is 0.465 e. The lowest BCUT2D eigenvalue weighted by molar-refractivity contribution is 0.0602. The lowest BCUT2D eigenvalue weighted by atomic mass is 10.1. The monoisotopic (exact) mass is 207 g/mol. The van der Waals surface area contributed by atoms with E-state index in [1.807, 2.05) is 16.8 Å². The second-order valence-corrected chi connectivity index (χ2v) is 3.57. The predicted octanol–water partition coefficient (Wildman–Crippen LogP) is 2.53. The van der Waals surface area contributed by atoms with E-state index in [1.165, 1.54) is 7.11 Å². The molecule has 2 aromatic heterocycles.